The first-order chi connectivity index (χ1) is 6.09. The molecule has 0 saturated carbocycles. The van der Waals surface area contributed by atoms with Gasteiger partial charge < -0.3 is 9.84 Å². The third kappa shape index (κ3) is 2.87. The van der Waals surface area contributed by atoms with Gasteiger partial charge >= 0.3 is 0 Å². The van der Waals surface area contributed by atoms with E-state index in [1.165, 1.54) is 13.8 Å². The summed E-state index contributed by atoms with van der Waals surface area (Å²) in [5.41, 5.74) is 0.582. The Hall–Kier alpha value is -1.35. The van der Waals surface area contributed by atoms with Gasteiger partial charge in [-0.25, -0.2) is 0 Å². The van der Waals surface area contributed by atoms with Crippen LogP contribution in [0, 0.1) is 0 Å². The van der Waals surface area contributed by atoms with E-state index in [1.807, 2.05) is 0 Å². The zero-order valence-electron chi connectivity index (χ0n) is 7.65. The minimum atomic E-state index is -0.859. The number of ether oxygens (including phenoxy) is 1. The number of benzene rings is 1. The van der Waals surface area contributed by atoms with Crippen LogP contribution in [0.15, 0.2) is 24.3 Å². The number of carbonyl (C=O) groups is 1. The lowest BCUT2D eigenvalue weighted by molar-refractivity contribution is -0.000354. The Kier molecular flexibility index (Phi) is 3.03. The molecule has 3 nitrogen and oxygen atoms in total. The van der Waals surface area contributed by atoms with Gasteiger partial charge in [-0.15, -0.1) is 0 Å². The fraction of sp³-hybridized carbons (Fsp3) is 0.300. The van der Waals surface area contributed by atoms with Crippen molar-refractivity contribution in [3.63, 3.8) is 0 Å². The second-order valence-electron chi connectivity index (χ2n) is 2.80. The summed E-state index contributed by atoms with van der Waals surface area (Å²) in [5, 5.41) is 8.93. The predicted octanol–water partition coefficient (Wildman–Crippen LogP) is 1.61. The van der Waals surface area contributed by atoms with E-state index in [0.717, 1.165) is 0 Å². The average Bonchev–Trinajstić information content (AvgIpc) is 2.03. The Morgan fingerprint density at radius 3 is 2.77 bits per heavy atom. The number of rotatable bonds is 3. The number of hydrogen-bond donors (Lipinski definition) is 1. The Morgan fingerprint density at radius 2 is 2.23 bits per heavy atom. The molecule has 0 spiro atoms. The molecule has 0 aliphatic carbocycles. The van der Waals surface area contributed by atoms with E-state index in [9.17, 15) is 4.79 Å². The Morgan fingerprint density at radius 1 is 1.54 bits per heavy atom. The number of aliphatic hydroxyl groups excluding tert-OH is 1. The van der Waals surface area contributed by atoms with Crippen molar-refractivity contribution in [2.24, 2.45) is 0 Å². The van der Waals surface area contributed by atoms with Crippen molar-refractivity contribution in [2.75, 3.05) is 0 Å². The van der Waals surface area contributed by atoms with Crippen molar-refractivity contribution >= 4 is 5.78 Å². The third-order valence-corrected chi connectivity index (χ3v) is 1.55. The minimum absolute atomic E-state index is 0.0176. The van der Waals surface area contributed by atoms with E-state index in [0.29, 0.717) is 11.3 Å². The molecule has 1 rings (SSSR count). The molecule has 1 aromatic carbocycles. The van der Waals surface area contributed by atoms with Crippen LogP contribution < -0.4 is 4.74 Å². The molecule has 0 aromatic heterocycles. The first-order valence-electron chi connectivity index (χ1n) is 4.05. The molecule has 0 bridgehead atoms. The Bertz CT molecular complexity index is 305. The fourth-order valence-corrected chi connectivity index (χ4v) is 0.985. The van der Waals surface area contributed by atoms with Crippen LogP contribution in [0.3, 0.4) is 0 Å². The summed E-state index contributed by atoms with van der Waals surface area (Å²) in [7, 11) is 0. The molecule has 1 unspecified atom stereocenters. The van der Waals surface area contributed by atoms with Gasteiger partial charge in [0, 0.05) is 5.56 Å². The summed E-state index contributed by atoms with van der Waals surface area (Å²) in [6, 6.07) is 6.72. The van der Waals surface area contributed by atoms with E-state index in [-0.39, 0.29) is 5.78 Å². The Balaban J connectivity index is 2.85. The zero-order valence-corrected chi connectivity index (χ0v) is 7.65. The molecule has 1 atom stereocenters. The molecule has 13 heavy (non-hydrogen) atoms. The quantitative estimate of drug-likeness (QED) is 0.567. The molecule has 0 heterocycles. The lowest BCUT2D eigenvalue weighted by Crippen LogP contribution is -2.09. The van der Waals surface area contributed by atoms with Crippen LogP contribution in [0.4, 0.5) is 0 Å². The normalized spacial score (nSPS) is 12.2. The smallest absolute Gasteiger partial charge is 0.194 e. The SMILES string of the molecule is CC(=O)c1cccc(OC(C)O)c1. The minimum Gasteiger partial charge on any atom is -0.465 e. The highest BCUT2D eigenvalue weighted by atomic mass is 16.6. The van der Waals surface area contributed by atoms with E-state index < -0.39 is 6.29 Å². The first kappa shape index (κ1) is 9.74. The number of aliphatic hydroxyl groups is 1. The van der Waals surface area contributed by atoms with Gasteiger partial charge in [-0.1, -0.05) is 12.1 Å². The lowest BCUT2D eigenvalue weighted by atomic mass is 10.1. The molecule has 70 valence electrons. The molecule has 0 fully saturated rings. The maximum Gasteiger partial charge on any atom is 0.194 e. The Labute approximate surface area is 77.0 Å². The second-order valence-corrected chi connectivity index (χ2v) is 2.80. The monoisotopic (exact) mass is 180 g/mol. The number of Topliss-reactive ketones (excluding diaryl/α,β-unsaturated/α-hetero) is 1. The molecular weight excluding hydrogens is 168 g/mol. The highest BCUT2D eigenvalue weighted by Gasteiger charge is 2.02. The molecule has 0 saturated heterocycles. The van der Waals surface area contributed by atoms with Gasteiger partial charge in [0.1, 0.15) is 5.75 Å². The molecule has 0 amide bonds. The zero-order chi connectivity index (χ0) is 9.84. The van der Waals surface area contributed by atoms with E-state index in [1.54, 1.807) is 24.3 Å². The summed E-state index contributed by atoms with van der Waals surface area (Å²) in [6.45, 7) is 3.00. The molecule has 0 radical (unpaired) electrons. The topological polar surface area (TPSA) is 46.5 Å². The van der Waals surface area contributed by atoms with Gasteiger partial charge in [-0.2, -0.15) is 0 Å². The van der Waals surface area contributed by atoms with Gasteiger partial charge in [0.15, 0.2) is 12.1 Å². The molecule has 1 aromatic rings. The molecule has 3 heteroatoms. The number of hydrogen-bond acceptors (Lipinski definition) is 3. The number of ketones is 1. The highest BCUT2D eigenvalue weighted by Crippen LogP contribution is 2.14. The van der Waals surface area contributed by atoms with Gasteiger partial charge in [0.25, 0.3) is 0 Å². The maximum atomic E-state index is 11.0. The van der Waals surface area contributed by atoms with Gasteiger partial charge in [0.05, 0.1) is 0 Å². The standard InChI is InChI=1S/C10H12O3/c1-7(11)9-4-3-5-10(6-9)13-8(2)12/h3-6,8,12H,1-2H3. The molecule has 0 aliphatic heterocycles. The van der Waals surface area contributed by atoms with Crippen molar-refractivity contribution in [2.45, 2.75) is 20.1 Å². The predicted molar refractivity (Wildman–Crippen MR) is 48.8 cm³/mol. The van der Waals surface area contributed by atoms with Crippen LogP contribution >= 0.6 is 0 Å². The third-order valence-electron chi connectivity index (χ3n) is 1.55. The lowest BCUT2D eigenvalue weighted by Gasteiger charge is -2.08. The molecule has 0 aliphatic rings. The summed E-state index contributed by atoms with van der Waals surface area (Å²) >= 11 is 0. The van der Waals surface area contributed by atoms with E-state index in [4.69, 9.17) is 9.84 Å². The van der Waals surface area contributed by atoms with Crippen molar-refractivity contribution in [3.05, 3.63) is 29.8 Å². The van der Waals surface area contributed by atoms with Crippen LogP contribution in [0.5, 0.6) is 5.75 Å². The van der Waals surface area contributed by atoms with Crippen LogP contribution in [-0.4, -0.2) is 17.2 Å². The number of carbonyl (C=O) groups excluding carboxylic acids is 1. The van der Waals surface area contributed by atoms with Crippen LogP contribution in [-0.2, 0) is 0 Å². The van der Waals surface area contributed by atoms with E-state index >= 15 is 0 Å². The van der Waals surface area contributed by atoms with Crippen molar-refractivity contribution in [1.29, 1.82) is 0 Å². The van der Waals surface area contributed by atoms with Gasteiger partial charge in [0.2, 0.25) is 0 Å². The first-order valence-corrected chi connectivity index (χ1v) is 4.05. The van der Waals surface area contributed by atoms with Crippen molar-refractivity contribution in [3.8, 4) is 5.75 Å². The summed E-state index contributed by atoms with van der Waals surface area (Å²) in [4.78, 5) is 11.0. The van der Waals surface area contributed by atoms with Gasteiger partial charge in [-0.3, -0.25) is 4.79 Å². The fourth-order valence-electron chi connectivity index (χ4n) is 0.985. The molecular formula is C10H12O3. The highest BCUT2D eigenvalue weighted by molar-refractivity contribution is 5.94. The van der Waals surface area contributed by atoms with Crippen LogP contribution in [0.25, 0.3) is 0 Å². The summed E-state index contributed by atoms with van der Waals surface area (Å²) in [5.74, 6) is 0.485. The van der Waals surface area contributed by atoms with Crippen molar-refractivity contribution < 1.29 is 14.6 Å². The summed E-state index contributed by atoms with van der Waals surface area (Å²) < 4.78 is 5.01. The van der Waals surface area contributed by atoms with Crippen LogP contribution in [0.1, 0.15) is 24.2 Å². The van der Waals surface area contributed by atoms with Crippen molar-refractivity contribution in [1.82, 2.24) is 0 Å². The summed E-state index contributed by atoms with van der Waals surface area (Å²) in [6.07, 6.45) is -0.859. The maximum absolute atomic E-state index is 11.0. The second kappa shape index (κ2) is 4.05. The van der Waals surface area contributed by atoms with Crippen LogP contribution in [0.2, 0.25) is 0 Å². The average molecular weight is 180 g/mol. The van der Waals surface area contributed by atoms with Gasteiger partial charge in [-0.05, 0) is 26.0 Å². The molecule has 1 N–H and O–H groups in total. The largest absolute Gasteiger partial charge is 0.465 e. The van der Waals surface area contributed by atoms with E-state index in [2.05, 4.69) is 0 Å².